The summed E-state index contributed by atoms with van der Waals surface area (Å²) < 4.78 is 8.74. The smallest absolute Gasteiger partial charge is 0.238 e. The second-order valence-electron chi connectivity index (χ2n) is 14.4. The van der Waals surface area contributed by atoms with Gasteiger partial charge < -0.3 is 4.42 Å². The maximum absolute atomic E-state index is 6.52. The molecular weight excluding hydrogens is 649 g/mol. The number of fused-ring (bicyclic) bond motifs is 9. The normalized spacial score (nSPS) is 13.2. The lowest BCUT2D eigenvalue weighted by Crippen LogP contribution is -2.15. The van der Waals surface area contributed by atoms with Crippen LogP contribution in [-0.4, -0.2) is 19.5 Å². The highest BCUT2D eigenvalue weighted by Gasteiger charge is 2.36. The minimum atomic E-state index is -0.156. The summed E-state index contributed by atoms with van der Waals surface area (Å²) >= 11 is 0. The molecule has 0 bridgehead atoms. The molecule has 0 atom stereocenters. The molecule has 0 aliphatic heterocycles. The Morgan fingerprint density at radius 1 is 0.453 bits per heavy atom. The second-order valence-corrected chi connectivity index (χ2v) is 14.4. The number of nitrogens with zero attached hydrogens (tertiary/aromatic N) is 4. The van der Waals surface area contributed by atoms with E-state index in [1.165, 1.54) is 27.6 Å². The average Bonchev–Trinajstić information content (AvgIpc) is 3.82. The highest BCUT2D eigenvalue weighted by atomic mass is 16.3. The van der Waals surface area contributed by atoms with Crippen LogP contribution in [0.2, 0.25) is 0 Å². The van der Waals surface area contributed by atoms with Crippen molar-refractivity contribution < 1.29 is 4.42 Å². The molecule has 250 valence electrons. The van der Waals surface area contributed by atoms with E-state index in [0.29, 0.717) is 17.6 Å². The molecule has 0 unspecified atom stereocenters. The van der Waals surface area contributed by atoms with Crippen molar-refractivity contribution in [3.63, 3.8) is 0 Å². The number of aromatic nitrogens is 4. The van der Waals surface area contributed by atoms with Crippen LogP contribution in [0.3, 0.4) is 0 Å². The summed E-state index contributed by atoms with van der Waals surface area (Å²) in [6.07, 6.45) is 0. The molecule has 0 saturated carbocycles. The fraction of sp³-hybridized carbons (Fsp3) is 0.0625. The Bertz CT molecular complexity index is 3080. The first-order chi connectivity index (χ1) is 26.0. The monoisotopic (exact) mass is 680 g/mol. The molecule has 3 heterocycles. The van der Waals surface area contributed by atoms with Crippen LogP contribution in [0.4, 0.5) is 0 Å². The first kappa shape index (κ1) is 29.8. The highest BCUT2D eigenvalue weighted by molar-refractivity contribution is 6.14. The van der Waals surface area contributed by atoms with E-state index in [9.17, 15) is 0 Å². The largest absolute Gasteiger partial charge is 0.456 e. The molecule has 1 aliphatic rings. The van der Waals surface area contributed by atoms with Crippen LogP contribution in [0.15, 0.2) is 162 Å². The first-order valence-corrected chi connectivity index (χ1v) is 18.0. The molecule has 0 fully saturated rings. The predicted molar refractivity (Wildman–Crippen MR) is 215 cm³/mol. The highest BCUT2D eigenvalue weighted by Crippen LogP contribution is 2.51. The molecule has 1 aliphatic carbocycles. The molecule has 0 amide bonds. The Morgan fingerprint density at radius 3 is 1.92 bits per heavy atom. The van der Waals surface area contributed by atoms with Gasteiger partial charge >= 0.3 is 0 Å². The predicted octanol–water partition coefficient (Wildman–Crippen LogP) is 12.2. The molecular formula is C48H32N4O. The summed E-state index contributed by atoms with van der Waals surface area (Å²) in [5, 5.41) is 4.49. The van der Waals surface area contributed by atoms with E-state index in [2.05, 4.69) is 140 Å². The Hall–Kier alpha value is -6.85. The third-order valence-electron chi connectivity index (χ3n) is 11.1. The molecule has 10 aromatic rings. The Morgan fingerprint density at radius 2 is 1.11 bits per heavy atom. The van der Waals surface area contributed by atoms with Gasteiger partial charge in [0.2, 0.25) is 5.95 Å². The average molecular weight is 681 g/mol. The molecule has 0 radical (unpaired) electrons. The number of rotatable bonds is 4. The van der Waals surface area contributed by atoms with E-state index in [-0.39, 0.29) is 5.41 Å². The summed E-state index contributed by atoms with van der Waals surface area (Å²) in [6.45, 7) is 4.65. The van der Waals surface area contributed by atoms with Gasteiger partial charge in [-0.15, -0.1) is 0 Å². The standard InChI is InChI=1S/C48H32N4O/c1-48(2)38-22-12-9-19-32(38)36-27-37-33-20-10-13-23-40(33)52(41(37)28-39(36)48)47-50-45(30-17-7-4-8-18-30)49-46(51-47)31-25-35(29-15-5-3-6-16-29)44-34-21-11-14-24-42(34)53-43(44)26-31/h3-28H,1-2H3. The summed E-state index contributed by atoms with van der Waals surface area (Å²) in [4.78, 5) is 15.7. The van der Waals surface area contributed by atoms with E-state index < -0.39 is 0 Å². The zero-order valence-corrected chi connectivity index (χ0v) is 29.2. The Labute approximate surface area is 305 Å². The van der Waals surface area contributed by atoms with Gasteiger partial charge in [-0.25, -0.2) is 4.98 Å². The van der Waals surface area contributed by atoms with Crippen LogP contribution in [0.25, 0.3) is 94.7 Å². The zero-order chi connectivity index (χ0) is 35.3. The van der Waals surface area contributed by atoms with Gasteiger partial charge in [0, 0.05) is 38.1 Å². The van der Waals surface area contributed by atoms with Crippen LogP contribution in [0.1, 0.15) is 25.0 Å². The van der Waals surface area contributed by atoms with Crippen LogP contribution >= 0.6 is 0 Å². The van der Waals surface area contributed by atoms with Gasteiger partial charge in [-0.2, -0.15) is 9.97 Å². The SMILES string of the molecule is CC1(C)c2ccccc2-c2cc3c4ccccc4n(-c4nc(-c5ccccc5)nc(-c5cc(-c6ccccc6)c6c(c5)oc5ccccc56)n4)c3cc21. The van der Waals surface area contributed by atoms with E-state index in [4.69, 9.17) is 19.4 Å². The molecule has 11 rings (SSSR count). The minimum absolute atomic E-state index is 0.156. The second kappa shape index (κ2) is 11.1. The topological polar surface area (TPSA) is 56.7 Å². The van der Waals surface area contributed by atoms with Crippen molar-refractivity contribution in [1.82, 2.24) is 19.5 Å². The van der Waals surface area contributed by atoms with E-state index in [0.717, 1.165) is 60.6 Å². The van der Waals surface area contributed by atoms with Crippen molar-refractivity contribution >= 4 is 43.7 Å². The number of hydrogen-bond donors (Lipinski definition) is 0. The van der Waals surface area contributed by atoms with Crippen LogP contribution in [0.5, 0.6) is 0 Å². The zero-order valence-electron chi connectivity index (χ0n) is 29.2. The van der Waals surface area contributed by atoms with Crippen LogP contribution in [-0.2, 0) is 5.41 Å². The number of furan rings is 1. The van der Waals surface area contributed by atoms with Gasteiger partial charge in [-0.05, 0) is 69.8 Å². The quantitative estimate of drug-likeness (QED) is 0.186. The molecule has 7 aromatic carbocycles. The maximum atomic E-state index is 6.52. The minimum Gasteiger partial charge on any atom is -0.456 e. The molecule has 5 heteroatoms. The lowest BCUT2D eigenvalue weighted by atomic mass is 9.82. The summed E-state index contributed by atoms with van der Waals surface area (Å²) in [7, 11) is 0. The van der Waals surface area contributed by atoms with Gasteiger partial charge in [-0.3, -0.25) is 4.57 Å². The van der Waals surface area contributed by atoms with Gasteiger partial charge in [-0.1, -0.05) is 135 Å². The Balaban J connectivity index is 1.21. The summed E-state index contributed by atoms with van der Waals surface area (Å²) in [6, 6.07) is 55.3. The van der Waals surface area contributed by atoms with Crippen molar-refractivity contribution in [1.29, 1.82) is 0 Å². The van der Waals surface area contributed by atoms with Gasteiger partial charge in [0.05, 0.1) is 11.0 Å². The van der Waals surface area contributed by atoms with Crippen molar-refractivity contribution in [2.24, 2.45) is 0 Å². The van der Waals surface area contributed by atoms with Crippen molar-refractivity contribution in [2.45, 2.75) is 19.3 Å². The van der Waals surface area contributed by atoms with E-state index in [1.54, 1.807) is 0 Å². The van der Waals surface area contributed by atoms with Crippen LogP contribution in [0, 0.1) is 0 Å². The summed E-state index contributed by atoms with van der Waals surface area (Å²) in [5.74, 6) is 1.75. The van der Waals surface area contributed by atoms with Crippen molar-refractivity contribution in [2.75, 3.05) is 0 Å². The lowest BCUT2D eigenvalue weighted by Gasteiger charge is -2.21. The molecule has 3 aromatic heterocycles. The molecule has 5 nitrogen and oxygen atoms in total. The van der Waals surface area contributed by atoms with Crippen LogP contribution < -0.4 is 0 Å². The van der Waals surface area contributed by atoms with E-state index >= 15 is 0 Å². The molecule has 0 N–H and O–H groups in total. The Kier molecular flexibility index (Phi) is 6.23. The van der Waals surface area contributed by atoms with Gasteiger partial charge in [0.25, 0.3) is 0 Å². The van der Waals surface area contributed by atoms with Crippen molar-refractivity contribution in [3.05, 3.63) is 169 Å². The summed E-state index contributed by atoms with van der Waals surface area (Å²) in [5.41, 5.74) is 12.8. The lowest BCUT2D eigenvalue weighted by molar-refractivity contribution is 0.661. The number of hydrogen-bond acceptors (Lipinski definition) is 4. The number of benzene rings is 7. The fourth-order valence-electron chi connectivity index (χ4n) is 8.52. The van der Waals surface area contributed by atoms with Gasteiger partial charge in [0.15, 0.2) is 11.6 Å². The molecule has 0 saturated heterocycles. The van der Waals surface area contributed by atoms with E-state index in [1.807, 2.05) is 36.4 Å². The fourth-order valence-corrected chi connectivity index (χ4v) is 8.52. The van der Waals surface area contributed by atoms with Gasteiger partial charge in [0.1, 0.15) is 11.2 Å². The third-order valence-corrected chi connectivity index (χ3v) is 11.1. The third kappa shape index (κ3) is 4.40. The van der Waals surface area contributed by atoms with Crippen molar-refractivity contribution in [3.8, 4) is 51.0 Å². The molecule has 53 heavy (non-hydrogen) atoms. The number of para-hydroxylation sites is 2. The molecule has 0 spiro atoms. The first-order valence-electron chi connectivity index (χ1n) is 18.0. The maximum Gasteiger partial charge on any atom is 0.238 e.